The Hall–Kier alpha value is -1.29. The zero-order valence-corrected chi connectivity index (χ0v) is 8.25. The monoisotopic (exact) mass is 194 g/mol. The molecule has 0 aromatic carbocycles. The fourth-order valence-electron chi connectivity index (χ4n) is 1.41. The van der Waals surface area contributed by atoms with Gasteiger partial charge in [0.15, 0.2) is 5.76 Å². The molecule has 76 valence electrons. The van der Waals surface area contributed by atoms with Crippen molar-refractivity contribution >= 4 is 5.69 Å². The Bertz CT molecular complexity index is 331. The van der Waals surface area contributed by atoms with E-state index in [1.807, 2.05) is 6.92 Å². The lowest BCUT2D eigenvalue weighted by Gasteiger charge is -2.14. The van der Waals surface area contributed by atoms with Crippen molar-refractivity contribution in [2.75, 3.05) is 25.1 Å². The standard InChI is InChI=1S/C10H14N2O2/c1-8-10(6-12-14-8)11-5-9-3-2-4-13-7-9/h3,6,11H,2,4-5,7H2,1H3. The van der Waals surface area contributed by atoms with Gasteiger partial charge in [-0.3, -0.25) is 0 Å². The quantitative estimate of drug-likeness (QED) is 0.744. The summed E-state index contributed by atoms with van der Waals surface area (Å²) < 4.78 is 10.3. The molecule has 14 heavy (non-hydrogen) atoms. The molecule has 0 spiro atoms. The molecule has 1 aliphatic rings. The van der Waals surface area contributed by atoms with Gasteiger partial charge in [-0.2, -0.15) is 0 Å². The third-order valence-electron chi connectivity index (χ3n) is 2.24. The lowest BCUT2D eigenvalue weighted by atomic mass is 10.2. The highest BCUT2D eigenvalue weighted by Crippen LogP contribution is 2.13. The highest BCUT2D eigenvalue weighted by atomic mass is 16.5. The molecule has 1 aromatic rings. The van der Waals surface area contributed by atoms with Gasteiger partial charge in [-0.25, -0.2) is 0 Å². The molecule has 0 atom stereocenters. The van der Waals surface area contributed by atoms with Crippen LogP contribution in [0.15, 0.2) is 22.4 Å². The molecule has 0 radical (unpaired) electrons. The summed E-state index contributed by atoms with van der Waals surface area (Å²) in [7, 11) is 0. The molecule has 4 heteroatoms. The fourth-order valence-corrected chi connectivity index (χ4v) is 1.41. The van der Waals surface area contributed by atoms with Crippen LogP contribution in [-0.2, 0) is 4.74 Å². The highest BCUT2D eigenvalue weighted by molar-refractivity contribution is 5.44. The van der Waals surface area contributed by atoms with Gasteiger partial charge in [0.2, 0.25) is 0 Å². The van der Waals surface area contributed by atoms with E-state index in [0.717, 1.165) is 37.6 Å². The van der Waals surface area contributed by atoms with E-state index in [1.165, 1.54) is 5.57 Å². The zero-order valence-electron chi connectivity index (χ0n) is 8.25. The van der Waals surface area contributed by atoms with Crippen LogP contribution in [-0.4, -0.2) is 24.9 Å². The van der Waals surface area contributed by atoms with Crippen molar-refractivity contribution in [1.82, 2.24) is 5.16 Å². The van der Waals surface area contributed by atoms with E-state index in [0.29, 0.717) is 0 Å². The van der Waals surface area contributed by atoms with E-state index in [2.05, 4.69) is 16.5 Å². The number of aryl methyl sites for hydroxylation is 1. The minimum absolute atomic E-state index is 0.733. The average molecular weight is 194 g/mol. The second-order valence-electron chi connectivity index (χ2n) is 3.35. The molecule has 1 N–H and O–H groups in total. The SMILES string of the molecule is Cc1oncc1NCC1=CCCOC1. The summed E-state index contributed by atoms with van der Waals surface area (Å²) in [5.74, 6) is 0.822. The van der Waals surface area contributed by atoms with Crippen LogP contribution in [0.4, 0.5) is 5.69 Å². The molecule has 0 unspecified atom stereocenters. The molecule has 0 saturated carbocycles. The summed E-state index contributed by atoms with van der Waals surface area (Å²) in [6.07, 6.45) is 4.93. The molecule has 1 aliphatic heterocycles. The van der Waals surface area contributed by atoms with Crippen molar-refractivity contribution in [3.05, 3.63) is 23.6 Å². The number of aromatic nitrogens is 1. The van der Waals surface area contributed by atoms with Crippen molar-refractivity contribution < 1.29 is 9.26 Å². The van der Waals surface area contributed by atoms with Crippen molar-refractivity contribution in [1.29, 1.82) is 0 Å². The minimum Gasteiger partial charge on any atom is -0.377 e. The van der Waals surface area contributed by atoms with Crippen LogP contribution >= 0.6 is 0 Å². The van der Waals surface area contributed by atoms with E-state index in [4.69, 9.17) is 9.26 Å². The summed E-state index contributed by atoms with van der Waals surface area (Å²) in [5, 5.41) is 6.96. The molecule has 4 nitrogen and oxygen atoms in total. The Balaban J connectivity index is 1.88. The molecule has 0 fully saturated rings. The highest BCUT2D eigenvalue weighted by Gasteiger charge is 2.05. The molecule has 2 rings (SSSR count). The number of anilines is 1. The van der Waals surface area contributed by atoms with Gasteiger partial charge in [0.25, 0.3) is 0 Å². The molecule has 1 aromatic heterocycles. The van der Waals surface area contributed by atoms with E-state index < -0.39 is 0 Å². The van der Waals surface area contributed by atoms with E-state index in [9.17, 15) is 0 Å². The second-order valence-corrected chi connectivity index (χ2v) is 3.35. The van der Waals surface area contributed by atoms with Crippen molar-refractivity contribution in [2.24, 2.45) is 0 Å². The normalized spacial score (nSPS) is 16.5. The molecule has 0 aliphatic carbocycles. The predicted molar refractivity (Wildman–Crippen MR) is 53.2 cm³/mol. The zero-order chi connectivity index (χ0) is 9.80. The first-order chi connectivity index (χ1) is 6.86. The summed E-state index contributed by atoms with van der Waals surface area (Å²) in [6, 6.07) is 0. The van der Waals surface area contributed by atoms with Crippen LogP contribution in [0.5, 0.6) is 0 Å². The number of nitrogens with one attached hydrogen (secondary N) is 1. The van der Waals surface area contributed by atoms with Gasteiger partial charge >= 0.3 is 0 Å². The largest absolute Gasteiger partial charge is 0.377 e. The van der Waals surface area contributed by atoms with Gasteiger partial charge in [-0.15, -0.1) is 0 Å². The Morgan fingerprint density at radius 2 is 2.50 bits per heavy atom. The van der Waals surface area contributed by atoms with Gasteiger partial charge in [0.05, 0.1) is 25.1 Å². The molecule has 0 saturated heterocycles. The van der Waals surface area contributed by atoms with Crippen molar-refractivity contribution in [2.45, 2.75) is 13.3 Å². The van der Waals surface area contributed by atoms with Crippen molar-refractivity contribution in [3.8, 4) is 0 Å². The minimum atomic E-state index is 0.733. The average Bonchev–Trinajstić information content (AvgIpc) is 2.63. The molecular weight excluding hydrogens is 180 g/mol. The van der Waals surface area contributed by atoms with Gasteiger partial charge in [-0.05, 0) is 18.9 Å². The van der Waals surface area contributed by atoms with E-state index >= 15 is 0 Å². The Morgan fingerprint density at radius 1 is 1.57 bits per heavy atom. The lowest BCUT2D eigenvalue weighted by molar-refractivity contribution is 0.150. The van der Waals surface area contributed by atoms with Gasteiger partial charge < -0.3 is 14.6 Å². The second kappa shape index (κ2) is 4.28. The first kappa shape index (κ1) is 9.27. The van der Waals surface area contributed by atoms with Crippen LogP contribution < -0.4 is 5.32 Å². The number of ether oxygens (including phenoxy) is 1. The maximum atomic E-state index is 5.33. The smallest absolute Gasteiger partial charge is 0.156 e. The first-order valence-corrected chi connectivity index (χ1v) is 4.77. The number of rotatable bonds is 3. The maximum absolute atomic E-state index is 5.33. The topological polar surface area (TPSA) is 47.3 Å². The summed E-state index contributed by atoms with van der Waals surface area (Å²) in [4.78, 5) is 0. The summed E-state index contributed by atoms with van der Waals surface area (Å²) in [6.45, 7) is 4.27. The van der Waals surface area contributed by atoms with Crippen LogP contribution in [0.25, 0.3) is 0 Å². The lowest BCUT2D eigenvalue weighted by Crippen LogP contribution is -2.14. The first-order valence-electron chi connectivity index (χ1n) is 4.77. The van der Waals surface area contributed by atoms with Crippen LogP contribution in [0.1, 0.15) is 12.2 Å². The fraction of sp³-hybridized carbons (Fsp3) is 0.500. The third-order valence-corrected chi connectivity index (χ3v) is 2.24. The molecule has 0 bridgehead atoms. The van der Waals surface area contributed by atoms with E-state index in [-0.39, 0.29) is 0 Å². The summed E-state index contributed by atoms with van der Waals surface area (Å²) in [5.41, 5.74) is 2.24. The third kappa shape index (κ3) is 2.14. The Labute approximate surface area is 82.9 Å². The predicted octanol–water partition coefficient (Wildman–Crippen LogP) is 1.74. The molecule has 2 heterocycles. The van der Waals surface area contributed by atoms with Gasteiger partial charge in [-0.1, -0.05) is 11.2 Å². The Kier molecular flexibility index (Phi) is 2.84. The maximum Gasteiger partial charge on any atom is 0.156 e. The van der Waals surface area contributed by atoms with Gasteiger partial charge in [0, 0.05) is 6.54 Å². The number of nitrogens with zero attached hydrogens (tertiary/aromatic N) is 1. The number of hydrogen-bond donors (Lipinski definition) is 1. The van der Waals surface area contributed by atoms with E-state index in [1.54, 1.807) is 6.20 Å². The van der Waals surface area contributed by atoms with Gasteiger partial charge in [0.1, 0.15) is 0 Å². The molecule has 0 amide bonds. The van der Waals surface area contributed by atoms with Crippen molar-refractivity contribution in [3.63, 3.8) is 0 Å². The van der Waals surface area contributed by atoms with Crippen LogP contribution in [0.3, 0.4) is 0 Å². The molecular formula is C10H14N2O2. The summed E-state index contributed by atoms with van der Waals surface area (Å²) >= 11 is 0. The van der Waals surface area contributed by atoms with Crippen LogP contribution in [0, 0.1) is 6.92 Å². The Morgan fingerprint density at radius 3 is 3.14 bits per heavy atom. The number of hydrogen-bond acceptors (Lipinski definition) is 4. The van der Waals surface area contributed by atoms with Crippen LogP contribution in [0.2, 0.25) is 0 Å².